The number of aromatic nitrogens is 2. The molecule has 0 aliphatic heterocycles. The number of hydrogen-bond acceptors (Lipinski definition) is 5. The summed E-state index contributed by atoms with van der Waals surface area (Å²) in [5.41, 5.74) is 2.58. The lowest BCUT2D eigenvalue weighted by Crippen LogP contribution is -2.05. The summed E-state index contributed by atoms with van der Waals surface area (Å²) in [6.07, 6.45) is 6.18. The van der Waals surface area contributed by atoms with Crippen molar-refractivity contribution in [3.63, 3.8) is 0 Å². The van der Waals surface area contributed by atoms with Gasteiger partial charge >= 0.3 is 5.97 Å². The average Bonchev–Trinajstić information content (AvgIpc) is 2.86. The number of allylic oxidation sites excluding steroid dienone is 1. The quantitative estimate of drug-likeness (QED) is 0.640. The van der Waals surface area contributed by atoms with Crippen molar-refractivity contribution in [3.8, 4) is 0 Å². The second-order valence-electron chi connectivity index (χ2n) is 3.81. The van der Waals surface area contributed by atoms with Gasteiger partial charge in [-0.2, -0.15) is 0 Å². The van der Waals surface area contributed by atoms with Crippen LogP contribution in [0.4, 0.5) is 0 Å². The summed E-state index contributed by atoms with van der Waals surface area (Å²) in [4.78, 5) is 15.7. The molecule has 0 spiro atoms. The smallest absolute Gasteiger partial charge is 0.356 e. The highest BCUT2D eigenvalue weighted by Gasteiger charge is 2.12. The minimum atomic E-state index is -0.432. The monoisotopic (exact) mass is 258 g/mol. The highest BCUT2D eigenvalue weighted by atomic mass is 16.5. The maximum atomic E-state index is 11.5. The number of rotatable bonds is 4. The number of nitrogens with one attached hydrogen (secondary N) is 2. The van der Waals surface area contributed by atoms with E-state index in [1.54, 1.807) is 29.9 Å². The largest absolute Gasteiger partial charge is 0.464 e. The first kappa shape index (κ1) is 12.8. The second-order valence-corrected chi connectivity index (χ2v) is 3.81. The van der Waals surface area contributed by atoms with Gasteiger partial charge in [0.15, 0.2) is 5.69 Å². The Labute approximate surface area is 110 Å². The molecule has 2 rings (SSSR count). The highest BCUT2D eigenvalue weighted by molar-refractivity contribution is 6.08. The van der Waals surface area contributed by atoms with Crippen LogP contribution >= 0.6 is 0 Å². The molecule has 0 amide bonds. The van der Waals surface area contributed by atoms with Crippen LogP contribution in [0.5, 0.6) is 0 Å². The van der Waals surface area contributed by atoms with Crippen molar-refractivity contribution in [1.82, 2.24) is 14.7 Å². The Morgan fingerprint density at radius 1 is 1.58 bits per heavy atom. The Balaban J connectivity index is 2.51. The van der Waals surface area contributed by atoms with Crippen LogP contribution in [-0.4, -0.2) is 35.7 Å². The van der Waals surface area contributed by atoms with Gasteiger partial charge in [0.05, 0.1) is 13.3 Å². The third kappa shape index (κ3) is 2.33. The molecular weight excluding hydrogens is 244 g/mol. The van der Waals surface area contributed by atoms with Gasteiger partial charge in [0.25, 0.3) is 0 Å². The third-order valence-electron chi connectivity index (χ3n) is 2.70. The number of fused-ring (bicyclic) bond motifs is 1. The number of ether oxygens (including phenoxy) is 1. The van der Waals surface area contributed by atoms with E-state index in [1.807, 2.05) is 6.07 Å². The van der Waals surface area contributed by atoms with Gasteiger partial charge in [-0.3, -0.25) is 4.40 Å². The zero-order valence-electron chi connectivity index (χ0n) is 10.7. The van der Waals surface area contributed by atoms with Gasteiger partial charge in [-0.15, -0.1) is 0 Å². The summed E-state index contributed by atoms with van der Waals surface area (Å²) in [6, 6.07) is 3.62. The molecule has 0 atom stereocenters. The molecule has 6 heteroatoms. The SMILES string of the molecule is CN/C=C(\C=N)c1ccn2c(C(=O)OC)cnc2c1. The van der Waals surface area contributed by atoms with E-state index in [4.69, 9.17) is 5.41 Å². The molecule has 0 aliphatic carbocycles. The van der Waals surface area contributed by atoms with Crippen LogP contribution < -0.4 is 5.32 Å². The van der Waals surface area contributed by atoms with E-state index in [9.17, 15) is 4.79 Å². The summed E-state index contributed by atoms with van der Waals surface area (Å²) in [5, 5.41) is 10.3. The molecule has 2 aromatic rings. The Hall–Kier alpha value is -2.63. The molecule has 0 bridgehead atoms. The zero-order valence-corrected chi connectivity index (χ0v) is 10.7. The molecule has 0 aliphatic rings. The number of hydrogen-bond donors (Lipinski definition) is 2. The molecule has 0 aromatic carbocycles. The van der Waals surface area contributed by atoms with Crippen LogP contribution in [0.3, 0.4) is 0 Å². The predicted molar refractivity (Wildman–Crippen MR) is 72.4 cm³/mol. The maximum absolute atomic E-state index is 11.5. The van der Waals surface area contributed by atoms with Crippen molar-refractivity contribution in [2.45, 2.75) is 0 Å². The molecule has 0 unspecified atom stereocenters. The molecule has 0 saturated heterocycles. The van der Waals surface area contributed by atoms with Gasteiger partial charge in [-0.05, 0) is 17.7 Å². The van der Waals surface area contributed by atoms with Gasteiger partial charge in [0, 0.05) is 31.2 Å². The summed E-state index contributed by atoms with van der Waals surface area (Å²) in [7, 11) is 3.10. The lowest BCUT2D eigenvalue weighted by atomic mass is 10.1. The molecule has 2 N–H and O–H groups in total. The minimum absolute atomic E-state index is 0.373. The predicted octanol–water partition coefficient (Wildman–Crippen LogP) is 1.33. The first-order valence-electron chi connectivity index (χ1n) is 5.65. The first-order valence-corrected chi connectivity index (χ1v) is 5.65. The summed E-state index contributed by atoms with van der Waals surface area (Å²) >= 11 is 0. The Kier molecular flexibility index (Phi) is 3.61. The third-order valence-corrected chi connectivity index (χ3v) is 2.70. The molecule has 98 valence electrons. The van der Waals surface area contributed by atoms with E-state index >= 15 is 0 Å². The summed E-state index contributed by atoms with van der Waals surface area (Å²) < 4.78 is 6.33. The van der Waals surface area contributed by atoms with Gasteiger partial charge < -0.3 is 15.5 Å². The minimum Gasteiger partial charge on any atom is -0.464 e. The van der Waals surface area contributed by atoms with Crippen molar-refractivity contribution in [2.75, 3.05) is 14.2 Å². The van der Waals surface area contributed by atoms with Crippen LogP contribution in [0.2, 0.25) is 0 Å². The van der Waals surface area contributed by atoms with E-state index in [0.29, 0.717) is 11.3 Å². The van der Waals surface area contributed by atoms with E-state index in [2.05, 4.69) is 15.0 Å². The number of carbonyl (C=O) groups is 1. The van der Waals surface area contributed by atoms with Crippen molar-refractivity contribution in [2.24, 2.45) is 0 Å². The Morgan fingerprint density at radius 3 is 3.00 bits per heavy atom. The number of imidazole rings is 1. The molecule has 0 radical (unpaired) electrons. The number of nitrogens with zero attached hydrogens (tertiary/aromatic N) is 2. The molecule has 0 saturated carbocycles. The van der Waals surface area contributed by atoms with Crippen LogP contribution in [0.15, 0.2) is 30.7 Å². The summed E-state index contributed by atoms with van der Waals surface area (Å²) in [6.45, 7) is 0. The van der Waals surface area contributed by atoms with Gasteiger partial charge in [-0.25, -0.2) is 9.78 Å². The average molecular weight is 258 g/mol. The number of esters is 1. The van der Waals surface area contributed by atoms with Crippen molar-refractivity contribution in [3.05, 3.63) is 42.0 Å². The highest BCUT2D eigenvalue weighted by Crippen LogP contribution is 2.15. The number of pyridine rings is 1. The number of carbonyl (C=O) groups excluding carboxylic acids is 1. The molecular formula is C13H14N4O2. The second kappa shape index (κ2) is 5.34. The van der Waals surface area contributed by atoms with Crippen LogP contribution in [0.1, 0.15) is 16.1 Å². The maximum Gasteiger partial charge on any atom is 0.356 e. The topological polar surface area (TPSA) is 79.5 Å². The van der Waals surface area contributed by atoms with E-state index in [1.165, 1.54) is 19.5 Å². The summed E-state index contributed by atoms with van der Waals surface area (Å²) in [5.74, 6) is -0.432. The van der Waals surface area contributed by atoms with Crippen molar-refractivity contribution < 1.29 is 9.53 Å². The molecule has 2 heterocycles. The van der Waals surface area contributed by atoms with E-state index in [0.717, 1.165) is 11.1 Å². The molecule has 6 nitrogen and oxygen atoms in total. The lowest BCUT2D eigenvalue weighted by Gasteiger charge is -2.04. The Bertz CT molecular complexity index is 658. The van der Waals surface area contributed by atoms with Gasteiger partial charge in [-0.1, -0.05) is 0 Å². The number of methoxy groups -OCH3 is 1. The lowest BCUT2D eigenvalue weighted by molar-refractivity contribution is 0.0593. The van der Waals surface area contributed by atoms with Gasteiger partial charge in [0.2, 0.25) is 0 Å². The van der Waals surface area contributed by atoms with Crippen molar-refractivity contribution in [1.29, 1.82) is 5.41 Å². The fraction of sp³-hybridized carbons (Fsp3) is 0.154. The van der Waals surface area contributed by atoms with Crippen LogP contribution in [0.25, 0.3) is 11.2 Å². The van der Waals surface area contributed by atoms with Crippen LogP contribution in [-0.2, 0) is 4.74 Å². The molecule has 2 aromatic heterocycles. The zero-order chi connectivity index (χ0) is 13.8. The fourth-order valence-corrected chi connectivity index (χ4v) is 1.78. The molecule has 19 heavy (non-hydrogen) atoms. The fourth-order valence-electron chi connectivity index (χ4n) is 1.78. The van der Waals surface area contributed by atoms with Gasteiger partial charge in [0.1, 0.15) is 5.65 Å². The standard InChI is InChI=1S/C13H14N4O2/c1-15-7-10(6-14)9-3-4-17-11(13(18)19-2)8-16-12(17)5-9/h3-8,14-15H,1-2H3/b10-7+,14-6?. The van der Waals surface area contributed by atoms with E-state index in [-0.39, 0.29) is 0 Å². The first-order chi connectivity index (χ1) is 9.21. The van der Waals surface area contributed by atoms with Crippen LogP contribution in [0, 0.1) is 5.41 Å². The molecule has 0 fully saturated rings. The van der Waals surface area contributed by atoms with Crippen molar-refractivity contribution >= 4 is 23.4 Å². The normalized spacial score (nSPS) is 11.4. The van der Waals surface area contributed by atoms with E-state index < -0.39 is 5.97 Å². The Morgan fingerprint density at radius 2 is 2.37 bits per heavy atom.